The van der Waals surface area contributed by atoms with Crippen LogP contribution in [0.15, 0.2) is 48.8 Å². The van der Waals surface area contributed by atoms with Gasteiger partial charge < -0.3 is 9.80 Å². The molecule has 33 heavy (non-hydrogen) atoms. The van der Waals surface area contributed by atoms with Gasteiger partial charge in [0.2, 0.25) is 11.8 Å². The lowest BCUT2D eigenvalue weighted by Gasteiger charge is -2.37. The van der Waals surface area contributed by atoms with Gasteiger partial charge in [0.15, 0.2) is 0 Å². The third kappa shape index (κ3) is 5.99. The van der Waals surface area contributed by atoms with Gasteiger partial charge in [-0.1, -0.05) is 30.3 Å². The Bertz CT molecular complexity index is 940. The van der Waals surface area contributed by atoms with Crippen molar-refractivity contribution in [2.24, 2.45) is 5.92 Å². The van der Waals surface area contributed by atoms with Crippen LogP contribution in [0.1, 0.15) is 49.3 Å². The highest BCUT2D eigenvalue weighted by Crippen LogP contribution is 2.23. The molecule has 2 aliphatic heterocycles. The largest absolute Gasteiger partial charge is 0.336 e. The van der Waals surface area contributed by atoms with Gasteiger partial charge in [-0.25, -0.2) is 0 Å². The Hall–Kier alpha value is -2.73. The van der Waals surface area contributed by atoms with Gasteiger partial charge in [-0.3, -0.25) is 19.5 Å². The number of aryl methyl sites for hydroxylation is 1. The van der Waals surface area contributed by atoms with Crippen LogP contribution in [0.5, 0.6) is 0 Å². The highest BCUT2D eigenvalue weighted by atomic mass is 16.2. The van der Waals surface area contributed by atoms with Crippen LogP contribution in [-0.2, 0) is 22.7 Å². The fourth-order valence-electron chi connectivity index (χ4n) is 5.09. The second-order valence-corrected chi connectivity index (χ2v) is 9.59. The van der Waals surface area contributed by atoms with E-state index in [9.17, 15) is 9.59 Å². The van der Waals surface area contributed by atoms with Crippen molar-refractivity contribution in [3.8, 4) is 0 Å². The van der Waals surface area contributed by atoms with Crippen molar-refractivity contribution < 1.29 is 9.59 Å². The first kappa shape index (κ1) is 23.4. The molecular weight excluding hydrogens is 412 g/mol. The van der Waals surface area contributed by atoms with Crippen LogP contribution in [-0.4, -0.2) is 63.7 Å². The summed E-state index contributed by atoms with van der Waals surface area (Å²) in [6, 6.07) is 12.1. The summed E-state index contributed by atoms with van der Waals surface area (Å²) in [6.45, 7) is 9.11. The van der Waals surface area contributed by atoms with Gasteiger partial charge in [0.1, 0.15) is 6.04 Å². The van der Waals surface area contributed by atoms with Crippen molar-refractivity contribution in [1.82, 2.24) is 19.7 Å². The Labute approximate surface area is 197 Å². The van der Waals surface area contributed by atoms with Crippen LogP contribution in [0.25, 0.3) is 0 Å². The molecule has 0 saturated carbocycles. The normalized spacial score (nSPS) is 18.5. The van der Waals surface area contributed by atoms with E-state index in [4.69, 9.17) is 0 Å². The molecule has 6 heteroatoms. The standard InChI is InChI=1S/C27H36N4O2/c1-21-7-3-4-9-25(21)20-29-15-11-23(12-16-29)18-30(19-24-8-5-13-28-17-24)27(33)22(2)31-14-6-10-26(31)32/h3-5,7-9,13,17,22-23H,6,10-12,14-16,18-20H2,1-2H3. The van der Waals surface area contributed by atoms with E-state index in [1.807, 2.05) is 30.2 Å². The first-order chi connectivity index (χ1) is 16.0. The second-order valence-electron chi connectivity index (χ2n) is 9.59. The van der Waals surface area contributed by atoms with E-state index in [1.54, 1.807) is 11.1 Å². The van der Waals surface area contributed by atoms with Crippen LogP contribution >= 0.6 is 0 Å². The molecule has 6 nitrogen and oxygen atoms in total. The quantitative estimate of drug-likeness (QED) is 0.619. The van der Waals surface area contributed by atoms with E-state index in [-0.39, 0.29) is 11.8 Å². The molecule has 1 unspecified atom stereocenters. The molecule has 0 spiro atoms. The highest BCUT2D eigenvalue weighted by Gasteiger charge is 2.33. The summed E-state index contributed by atoms with van der Waals surface area (Å²) in [4.78, 5) is 36.2. The summed E-state index contributed by atoms with van der Waals surface area (Å²) in [5.41, 5.74) is 3.77. The van der Waals surface area contributed by atoms with Crippen LogP contribution in [0.3, 0.4) is 0 Å². The molecule has 3 heterocycles. The lowest BCUT2D eigenvalue weighted by atomic mass is 9.95. The first-order valence-electron chi connectivity index (χ1n) is 12.3. The lowest BCUT2D eigenvalue weighted by molar-refractivity contribution is -0.143. The third-order valence-electron chi connectivity index (χ3n) is 7.18. The number of hydrogen-bond donors (Lipinski definition) is 0. The van der Waals surface area contributed by atoms with Gasteiger partial charge in [-0.15, -0.1) is 0 Å². The van der Waals surface area contributed by atoms with Crippen molar-refractivity contribution in [2.75, 3.05) is 26.2 Å². The number of carbonyl (C=O) groups is 2. The number of rotatable bonds is 8. The third-order valence-corrected chi connectivity index (χ3v) is 7.18. The van der Waals surface area contributed by atoms with E-state index in [2.05, 4.69) is 41.1 Å². The van der Waals surface area contributed by atoms with Crippen molar-refractivity contribution in [1.29, 1.82) is 0 Å². The number of piperidine rings is 1. The molecule has 2 fully saturated rings. The number of amides is 2. The van der Waals surface area contributed by atoms with Gasteiger partial charge in [-0.05, 0) is 74.9 Å². The van der Waals surface area contributed by atoms with Gasteiger partial charge >= 0.3 is 0 Å². The maximum Gasteiger partial charge on any atom is 0.245 e. The minimum Gasteiger partial charge on any atom is -0.336 e. The summed E-state index contributed by atoms with van der Waals surface area (Å²) >= 11 is 0. The Morgan fingerprint density at radius 2 is 1.94 bits per heavy atom. The maximum atomic E-state index is 13.5. The number of benzene rings is 1. The van der Waals surface area contributed by atoms with E-state index in [1.165, 1.54) is 11.1 Å². The molecule has 2 amide bonds. The molecule has 1 aromatic heterocycles. The molecule has 1 aromatic carbocycles. The first-order valence-corrected chi connectivity index (χ1v) is 12.3. The predicted molar refractivity (Wildman–Crippen MR) is 129 cm³/mol. The zero-order valence-electron chi connectivity index (χ0n) is 19.9. The van der Waals surface area contributed by atoms with E-state index < -0.39 is 6.04 Å². The molecular formula is C27H36N4O2. The number of likely N-dealkylation sites (tertiary alicyclic amines) is 2. The highest BCUT2D eigenvalue weighted by molar-refractivity contribution is 5.88. The summed E-state index contributed by atoms with van der Waals surface area (Å²) < 4.78 is 0. The Morgan fingerprint density at radius 3 is 2.61 bits per heavy atom. The summed E-state index contributed by atoms with van der Waals surface area (Å²) in [5.74, 6) is 0.623. The fourth-order valence-corrected chi connectivity index (χ4v) is 5.09. The van der Waals surface area contributed by atoms with E-state index >= 15 is 0 Å². The molecule has 4 rings (SSSR count). The summed E-state index contributed by atoms with van der Waals surface area (Å²) in [7, 11) is 0. The Balaban J connectivity index is 1.38. The molecule has 0 N–H and O–H groups in total. The smallest absolute Gasteiger partial charge is 0.245 e. The SMILES string of the molecule is Cc1ccccc1CN1CCC(CN(Cc2cccnc2)C(=O)C(C)N2CCCC2=O)CC1. The number of nitrogens with zero attached hydrogens (tertiary/aromatic N) is 4. The molecule has 1 atom stereocenters. The van der Waals surface area contributed by atoms with Crippen molar-refractivity contribution in [3.05, 3.63) is 65.5 Å². The zero-order valence-corrected chi connectivity index (χ0v) is 19.9. The number of aromatic nitrogens is 1. The fraction of sp³-hybridized carbons (Fsp3) is 0.519. The van der Waals surface area contributed by atoms with Gasteiger partial charge in [0, 0.05) is 45.0 Å². The minimum absolute atomic E-state index is 0.0523. The van der Waals surface area contributed by atoms with Crippen molar-refractivity contribution in [2.45, 2.75) is 58.7 Å². The topological polar surface area (TPSA) is 56.8 Å². The number of hydrogen-bond acceptors (Lipinski definition) is 4. The van der Waals surface area contributed by atoms with Gasteiger partial charge in [0.25, 0.3) is 0 Å². The van der Waals surface area contributed by atoms with E-state index in [0.29, 0.717) is 25.4 Å². The van der Waals surface area contributed by atoms with Crippen molar-refractivity contribution >= 4 is 11.8 Å². The zero-order chi connectivity index (χ0) is 23.2. The Morgan fingerprint density at radius 1 is 1.15 bits per heavy atom. The minimum atomic E-state index is -0.405. The number of pyridine rings is 1. The van der Waals surface area contributed by atoms with Gasteiger partial charge in [0.05, 0.1) is 0 Å². The molecule has 2 aromatic rings. The molecule has 2 aliphatic rings. The number of carbonyl (C=O) groups excluding carboxylic acids is 2. The lowest BCUT2D eigenvalue weighted by Crippen LogP contribution is -2.49. The average Bonchev–Trinajstić information content (AvgIpc) is 3.27. The average molecular weight is 449 g/mol. The summed E-state index contributed by atoms with van der Waals surface area (Å²) in [5, 5.41) is 0. The molecule has 0 aliphatic carbocycles. The van der Waals surface area contributed by atoms with Crippen LogP contribution in [0, 0.1) is 12.8 Å². The van der Waals surface area contributed by atoms with Crippen LogP contribution < -0.4 is 0 Å². The molecule has 176 valence electrons. The second kappa shape index (κ2) is 10.9. The molecule has 0 bridgehead atoms. The van der Waals surface area contributed by atoms with E-state index in [0.717, 1.165) is 51.0 Å². The van der Waals surface area contributed by atoms with Crippen LogP contribution in [0.2, 0.25) is 0 Å². The van der Waals surface area contributed by atoms with Crippen LogP contribution in [0.4, 0.5) is 0 Å². The monoisotopic (exact) mass is 448 g/mol. The molecule has 0 radical (unpaired) electrons. The predicted octanol–water partition coefficient (Wildman–Crippen LogP) is 3.64. The van der Waals surface area contributed by atoms with Gasteiger partial charge in [-0.2, -0.15) is 0 Å². The summed E-state index contributed by atoms with van der Waals surface area (Å²) in [6.07, 6.45) is 7.15. The Kier molecular flexibility index (Phi) is 7.76. The van der Waals surface area contributed by atoms with Crippen molar-refractivity contribution in [3.63, 3.8) is 0 Å². The molecule has 2 saturated heterocycles. The maximum absolute atomic E-state index is 13.5.